The molecule has 1 N–H and O–H groups in total. The van der Waals surface area contributed by atoms with E-state index in [0.29, 0.717) is 34.3 Å². The molecule has 0 saturated carbocycles. The number of carbonyl (C=O) groups excluding carboxylic acids is 2. The molecule has 0 radical (unpaired) electrons. The van der Waals surface area contributed by atoms with E-state index in [0.717, 1.165) is 29.8 Å². The second-order valence-electron chi connectivity index (χ2n) is 7.48. The molecular weight excluding hydrogens is 461 g/mol. The van der Waals surface area contributed by atoms with Crippen LogP contribution in [-0.4, -0.2) is 40.1 Å². The van der Waals surface area contributed by atoms with Gasteiger partial charge in [-0.25, -0.2) is 13.5 Å². The van der Waals surface area contributed by atoms with Crippen molar-refractivity contribution in [2.24, 2.45) is 0 Å². The summed E-state index contributed by atoms with van der Waals surface area (Å²) in [4.78, 5) is 26.7. The molecule has 4 rings (SSSR count). The van der Waals surface area contributed by atoms with Crippen molar-refractivity contribution in [2.45, 2.75) is 19.3 Å². The number of likely N-dealkylation sites (N-methyl/N-ethyl adjacent to an activating group) is 1. The minimum Gasteiger partial charge on any atom is -0.331 e. The van der Waals surface area contributed by atoms with Crippen molar-refractivity contribution in [3.05, 3.63) is 75.0 Å². The first-order valence-corrected chi connectivity index (χ1v) is 10.6. The highest BCUT2D eigenvalue weighted by atomic mass is 35.5. The number of benzene rings is 2. The van der Waals surface area contributed by atoms with Crippen LogP contribution >= 0.6 is 23.2 Å². The molecule has 1 aromatic heterocycles. The van der Waals surface area contributed by atoms with Crippen LogP contribution in [0.1, 0.15) is 28.2 Å². The van der Waals surface area contributed by atoms with Crippen molar-refractivity contribution in [1.82, 2.24) is 14.7 Å². The van der Waals surface area contributed by atoms with Gasteiger partial charge < -0.3 is 10.2 Å². The molecule has 0 aliphatic heterocycles. The molecule has 2 amide bonds. The van der Waals surface area contributed by atoms with Gasteiger partial charge in [-0.05, 0) is 49.6 Å². The van der Waals surface area contributed by atoms with E-state index in [2.05, 4.69) is 10.4 Å². The van der Waals surface area contributed by atoms with E-state index in [1.54, 1.807) is 12.1 Å². The lowest BCUT2D eigenvalue weighted by molar-refractivity contribution is -0.116. The molecule has 3 aromatic rings. The Morgan fingerprint density at radius 3 is 2.59 bits per heavy atom. The lowest BCUT2D eigenvalue weighted by Crippen LogP contribution is -2.35. The summed E-state index contributed by atoms with van der Waals surface area (Å²) in [6.07, 6.45) is 2.12. The third-order valence-electron chi connectivity index (χ3n) is 5.21. The summed E-state index contributed by atoms with van der Waals surface area (Å²) in [5, 5.41) is 7.70. The Kier molecular flexibility index (Phi) is 6.17. The number of carbonyl (C=O) groups is 2. The molecular formula is C22H18Cl2F2N4O2. The number of aromatic nitrogens is 2. The zero-order valence-electron chi connectivity index (χ0n) is 17.0. The zero-order chi connectivity index (χ0) is 23.0. The van der Waals surface area contributed by atoms with Gasteiger partial charge in [0.05, 0.1) is 22.3 Å². The van der Waals surface area contributed by atoms with E-state index in [4.69, 9.17) is 23.2 Å². The minimum atomic E-state index is -0.992. The third kappa shape index (κ3) is 4.33. The highest BCUT2D eigenvalue weighted by Gasteiger charge is 2.29. The molecule has 1 aliphatic rings. The highest BCUT2D eigenvalue weighted by molar-refractivity contribution is 6.42. The first-order valence-electron chi connectivity index (χ1n) is 9.81. The first-order chi connectivity index (χ1) is 15.2. The second kappa shape index (κ2) is 8.88. The average molecular weight is 479 g/mol. The van der Waals surface area contributed by atoms with Gasteiger partial charge in [0.2, 0.25) is 5.91 Å². The summed E-state index contributed by atoms with van der Waals surface area (Å²) in [5.74, 6) is -2.81. The van der Waals surface area contributed by atoms with Gasteiger partial charge in [0.1, 0.15) is 0 Å². The van der Waals surface area contributed by atoms with Crippen LogP contribution in [0.3, 0.4) is 0 Å². The van der Waals surface area contributed by atoms with Crippen LogP contribution in [-0.2, 0) is 17.6 Å². The van der Waals surface area contributed by atoms with Gasteiger partial charge in [0.15, 0.2) is 17.3 Å². The average Bonchev–Trinajstić information content (AvgIpc) is 3.35. The Hall–Kier alpha value is -2.97. The number of anilines is 1. The van der Waals surface area contributed by atoms with Crippen molar-refractivity contribution in [1.29, 1.82) is 0 Å². The molecule has 0 bridgehead atoms. The lowest BCUT2D eigenvalue weighted by atomic mass is 10.2. The zero-order valence-corrected chi connectivity index (χ0v) is 18.5. The summed E-state index contributed by atoms with van der Waals surface area (Å²) >= 11 is 11.8. The van der Waals surface area contributed by atoms with E-state index >= 15 is 0 Å². The van der Waals surface area contributed by atoms with E-state index in [1.165, 1.54) is 28.8 Å². The van der Waals surface area contributed by atoms with Gasteiger partial charge in [-0.15, -0.1) is 0 Å². The Morgan fingerprint density at radius 1 is 1.09 bits per heavy atom. The van der Waals surface area contributed by atoms with E-state index in [1.807, 2.05) is 0 Å². The summed E-state index contributed by atoms with van der Waals surface area (Å²) in [7, 11) is 1.49. The number of fused-ring (bicyclic) bond motifs is 1. The van der Waals surface area contributed by atoms with Gasteiger partial charge >= 0.3 is 0 Å². The Bertz CT molecular complexity index is 1230. The summed E-state index contributed by atoms with van der Waals surface area (Å²) in [5.41, 5.74) is 2.53. The van der Waals surface area contributed by atoms with Crippen LogP contribution in [0.15, 0.2) is 36.4 Å². The number of nitrogens with zero attached hydrogens (tertiary/aromatic N) is 3. The van der Waals surface area contributed by atoms with Crippen LogP contribution in [0.4, 0.5) is 14.5 Å². The van der Waals surface area contributed by atoms with Crippen LogP contribution in [0.25, 0.3) is 5.69 Å². The normalized spacial score (nSPS) is 12.5. The van der Waals surface area contributed by atoms with E-state index in [-0.39, 0.29) is 12.2 Å². The number of hydrogen-bond donors (Lipinski definition) is 1. The van der Waals surface area contributed by atoms with Crippen LogP contribution in [0.2, 0.25) is 10.0 Å². The molecule has 0 fully saturated rings. The smallest absolute Gasteiger partial charge is 0.274 e. The Morgan fingerprint density at radius 2 is 1.88 bits per heavy atom. The summed E-state index contributed by atoms with van der Waals surface area (Å²) in [6.45, 7) is -0.216. The largest absolute Gasteiger partial charge is 0.331 e. The molecule has 1 heterocycles. The monoisotopic (exact) mass is 478 g/mol. The van der Waals surface area contributed by atoms with Gasteiger partial charge in [-0.1, -0.05) is 23.2 Å². The van der Waals surface area contributed by atoms with Crippen LogP contribution < -0.4 is 5.32 Å². The molecule has 32 heavy (non-hydrogen) atoms. The summed E-state index contributed by atoms with van der Waals surface area (Å²) < 4.78 is 28.5. The standard InChI is InChI=1S/C22H18Cl2F2N4O2/c1-29(11-20(31)27-12-5-7-15(23)16(24)9-12)22(32)21-14-3-2-4-19(14)30(28-21)13-6-8-17(25)18(26)10-13/h5-10H,2-4,11H2,1H3,(H,27,31). The highest BCUT2D eigenvalue weighted by Crippen LogP contribution is 2.29. The maximum absolute atomic E-state index is 13.7. The molecule has 1 aliphatic carbocycles. The fourth-order valence-corrected chi connectivity index (χ4v) is 3.98. The van der Waals surface area contributed by atoms with Crippen molar-refractivity contribution in [3.8, 4) is 5.69 Å². The fourth-order valence-electron chi connectivity index (χ4n) is 3.68. The van der Waals surface area contributed by atoms with Crippen LogP contribution in [0.5, 0.6) is 0 Å². The topological polar surface area (TPSA) is 67.2 Å². The maximum Gasteiger partial charge on any atom is 0.274 e. The van der Waals surface area contributed by atoms with Gasteiger partial charge in [0, 0.05) is 30.1 Å². The quantitative estimate of drug-likeness (QED) is 0.579. The fraction of sp³-hybridized carbons (Fsp3) is 0.227. The molecule has 0 spiro atoms. The van der Waals surface area contributed by atoms with Crippen molar-refractivity contribution in [2.75, 3.05) is 18.9 Å². The summed E-state index contributed by atoms with van der Waals surface area (Å²) in [6, 6.07) is 8.15. The SMILES string of the molecule is CN(CC(=O)Nc1ccc(Cl)c(Cl)c1)C(=O)c1nn(-c2ccc(F)c(F)c2)c2c1CCC2. The molecule has 10 heteroatoms. The predicted octanol–water partition coefficient (Wildman–Crippen LogP) is 4.66. The van der Waals surface area contributed by atoms with Crippen molar-refractivity contribution < 1.29 is 18.4 Å². The van der Waals surface area contributed by atoms with Crippen LogP contribution in [0, 0.1) is 11.6 Å². The molecule has 6 nitrogen and oxygen atoms in total. The molecule has 0 saturated heterocycles. The maximum atomic E-state index is 13.7. The van der Waals surface area contributed by atoms with Crippen molar-refractivity contribution >= 4 is 40.7 Å². The molecule has 166 valence electrons. The van der Waals surface area contributed by atoms with E-state index in [9.17, 15) is 18.4 Å². The van der Waals surface area contributed by atoms with Gasteiger partial charge in [0.25, 0.3) is 5.91 Å². The van der Waals surface area contributed by atoms with Gasteiger partial charge in [-0.3, -0.25) is 9.59 Å². The number of hydrogen-bond acceptors (Lipinski definition) is 3. The second-order valence-corrected chi connectivity index (χ2v) is 8.29. The van der Waals surface area contributed by atoms with Crippen molar-refractivity contribution in [3.63, 3.8) is 0 Å². The third-order valence-corrected chi connectivity index (χ3v) is 5.95. The Balaban J connectivity index is 1.53. The number of halogens is 4. The minimum absolute atomic E-state index is 0.201. The predicted molar refractivity (Wildman–Crippen MR) is 118 cm³/mol. The molecule has 0 atom stereocenters. The number of amides is 2. The number of rotatable bonds is 5. The van der Waals surface area contributed by atoms with Gasteiger partial charge in [-0.2, -0.15) is 5.10 Å². The lowest BCUT2D eigenvalue weighted by Gasteiger charge is -2.16. The molecule has 2 aromatic carbocycles. The van der Waals surface area contributed by atoms with E-state index < -0.39 is 23.4 Å². The first kappa shape index (κ1) is 22.2. The number of nitrogens with one attached hydrogen (secondary N) is 1. The molecule has 0 unspecified atom stereocenters. The Labute approximate surface area is 192 Å².